The molecule has 0 radical (unpaired) electrons. The summed E-state index contributed by atoms with van der Waals surface area (Å²) in [6.45, 7) is 4.66. The quantitative estimate of drug-likeness (QED) is 0.633. The SMILES string of the molecule is CCCOCC(NC)C1CCCO1. The van der Waals surface area contributed by atoms with Gasteiger partial charge in [-0.05, 0) is 26.3 Å². The molecular weight excluding hydrogens is 166 g/mol. The molecule has 0 aliphatic carbocycles. The van der Waals surface area contributed by atoms with Crippen molar-refractivity contribution in [2.24, 2.45) is 0 Å². The Morgan fingerprint density at radius 3 is 3.00 bits per heavy atom. The van der Waals surface area contributed by atoms with Crippen LogP contribution in [-0.4, -0.2) is 39.0 Å². The normalized spacial score (nSPS) is 24.9. The van der Waals surface area contributed by atoms with Crippen molar-refractivity contribution < 1.29 is 9.47 Å². The fraction of sp³-hybridized carbons (Fsp3) is 1.00. The maximum atomic E-state index is 5.59. The summed E-state index contributed by atoms with van der Waals surface area (Å²) >= 11 is 0. The van der Waals surface area contributed by atoms with Crippen LogP contribution in [0.4, 0.5) is 0 Å². The molecule has 1 rings (SSSR count). The molecule has 1 aliphatic heterocycles. The Kier molecular flexibility index (Phi) is 5.35. The first-order valence-corrected chi connectivity index (χ1v) is 5.25. The van der Waals surface area contributed by atoms with E-state index in [1.807, 2.05) is 7.05 Å². The highest BCUT2D eigenvalue weighted by Crippen LogP contribution is 2.15. The van der Waals surface area contributed by atoms with E-state index in [0.717, 1.165) is 26.2 Å². The Hall–Kier alpha value is -0.120. The molecule has 3 heteroatoms. The van der Waals surface area contributed by atoms with Gasteiger partial charge in [-0.3, -0.25) is 0 Å². The highest BCUT2D eigenvalue weighted by Gasteiger charge is 2.24. The molecule has 0 aromatic heterocycles. The van der Waals surface area contributed by atoms with E-state index >= 15 is 0 Å². The van der Waals surface area contributed by atoms with Crippen molar-refractivity contribution in [2.75, 3.05) is 26.9 Å². The van der Waals surface area contributed by atoms with Gasteiger partial charge in [0.25, 0.3) is 0 Å². The van der Waals surface area contributed by atoms with Crippen LogP contribution in [0.25, 0.3) is 0 Å². The second-order valence-electron chi connectivity index (χ2n) is 3.52. The molecule has 13 heavy (non-hydrogen) atoms. The van der Waals surface area contributed by atoms with Gasteiger partial charge in [0, 0.05) is 13.2 Å². The van der Waals surface area contributed by atoms with Crippen molar-refractivity contribution in [1.29, 1.82) is 0 Å². The number of hydrogen-bond donors (Lipinski definition) is 1. The summed E-state index contributed by atoms with van der Waals surface area (Å²) in [5, 5.41) is 3.25. The zero-order valence-electron chi connectivity index (χ0n) is 8.71. The second-order valence-corrected chi connectivity index (χ2v) is 3.52. The summed E-state index contributed by atoms with van der Waals surface area (Å²) in [5.41, 5.74) is 0. The van der Waals surface area contributed by atoms with Gasteiger partial charge in [0.2, 0.25) is 0 Å². The van der Waals surface area contributed by atoms with Gasteiger partial charge >= 0.3 is 0 Å². The molecule has 1 N–H and O–H groups in total. The van der Waals surface area contributed by atoms with Crippen LogP contribution in [-0.2, 0) is 9.47 Å². The lowest BCUT2D eigenvalue weighted by Gasteiger charge is -2.22. The minimum atomic E-state index is 0.363. The molecule has 1 fully saturated rings. The fourth-order valence-electron chi connectivity index (χ4n) is 1.65. The molecule has 2 atom stereocenters. The van der Waals surface area contributed by atoms with E-state index < -0.39 is 0 Å². The van der Waals surface area contributed by atoms with Crippen LogP contribution in [0.2, 0.25) is 0 Å². The Morgan fingerprint density at radius 1 is 1.62 bits per heavy atom. The van der Waals surface area contributed by atoms with Gasteiger partial charge in [-0.2, -0.15) is 0 Å². The van der Waals surface area contributed by atoms with Gasteiger partial charge in [0.1, 0.15) is 0 Å². The number of rotatable bonds is 6. The van der Waals surface area contributed by atoms with Crippen molar-refractivity contribution in [3.8, 4) is 0 Å². The molecule has 0 saturated carbocycles. The largest absolute Gasteiger partial charge is 0.380 e. The molecule has 0 spiro atoms. The van der Waals surface area contributed by atoms with Gasteiger partial charge < -0.3 is 14.8 Å². The average Bonchev–Trinajstić information content (AvgIpc) is 2.65. The predicted octanol–water partition coefficient (Wildman–Crippen LogP) is 1.18. The molecule has 1 heterocycles. The van der Waals surface area contributed by atoms with E-state index in [-0.39, 0.29) is 0 Å². The maximum Gasteiger partial charge on any atom is 0.0751 e. The van der Waals surface area contributed by atoms with Crippen LogP contribution in [0.3, 0.4) is 0 Å². The first-order valence-electron chi connectivity index (χ1n) is 5.25. The van der Waals surface area contributed by atoms with Crippen LogP contribution in [0.1, 0.15) is 26.2 Å². The van der Waals surface area contributed by atoms with Crippen LogP contribution in [0, 0.1) is 0 Å². The van der Waals surface area contributed by atoms with Crippen molar-refractivity contribution >= 4 is 0 Å². The van der Waals surface area contributed by atoms with Crippen molar-refractivity contribution in [1.82, 2.24) is 5.32 Å². The lowest BCUT2D eigenvalue weighted by molar-refractivity contribution is 0.0318. The standard InChI is InChI=1S/C10H21NO2/c1-3-6-12-8-9(11-2)10-5-4-7-13-10/h9-11H,3-8H2,1-2H3. The van der Waals surface area contributed by atoms with E-state index in [4.69, 9.17) is 9.47 Å². The number of ether oxygens (including phenoxy) is 2. The first-order chi connectivity index (χ1) is 6.38. The predicted molar refractivity (Wildman–Crippen MR) is 52.9 cm³/mol. The van der Waals surface area contributed by atoms with Gasteiger partial charge in [0.05, 0.1) is 18.8 Å². The van der Waals surface area contributed by atoms with Crippen LogP contribution >= 0.6 is 0 Å². The highest BCUT2D eigenvalue weighted by molar-refractivity contribution is 4.78. The van der Waals surface area contributed by atoms with E-state index in [1.165, 1.54) is 12.8 Å². The molecule has 1 saturated heterocycles. The monoisotopic (exact) mass is 187 g/mol. The third-order valence-corrected chi connectivity index (χ3v) is 2.43. The number of likely N-dealkylation sites (N-methyl/N-ethyl adjacent to an activating group) is 1. The lowest BCUT2D eigenvalue weighted by Crippen LogP contribution is -2.41. The van der Waals surface area contributed by atoms with E-state index in [9.17, 15) is 0 Å². The molecule has 1 aliphatic rings. The molecule has 0 aromatic carbocycles. The zero-order chi connectivity index (χ0) is 9.52. The van der Waals surface area contributed by atoms with E-state index in [2.05, 4.69) is 12.2 Å². The number of hydrogen-bond acceptors (Lipinski definition) is 3. The molecule has 0 amide bonds. The van der Waals surface area contributed by atoms with Crippen LogP contribution < -0.4 is 5.32 Å². The second kappa shape index (κ2) is 6.35. The van der Waals surface area contributed by atoms with Crippen LogP contribution in [0.15, 0.2) is 0 Å². The molecule has 3 nitrogen and oxygen atoms in total. The Balaban J connectivity index is 2.16. The average molecular weight is 187 g/mol. The van der Waals surface area contributed by atoms with Crippen molar-refractivity contribution in [2.45, 2.75) is 38.3 Å². The van der Waals surface area contributed by atoms with E-state index in [1.54, 1.807) is 0 Å². The van der Waals surface area contributed by atoms with E-state index in [0.29, 0.717) is 12.1 Å². The minimum absolute atomic E-state index is 0.363. The number of nitrogens with one attached hydrogen (secondary N) is 1. The van der Waals surface area contributed by atoms with Crippen molar-refractivity contribution in [3.63, 3.8) is 0 Å². The minimum Gasteiger partial charge on any atom is -0.380 e. The molecule has 0 aromatic rings. The Morgan fingerprint density at radius 2 is 2.46 bits per heavy atom. The van der Waals surface area contributed by atoms with Crippen molar-refractivity contribution in [3.05, 3.63) is 0 Å². The van der Waals surface area contributed by atoms with Gasteiger partial charge in [-0.25, -0.2) is 0 Å². The summed E-state index contributed by atoms with van der Waals surface area (Å²) in [4.78, 5) is 0. The summed E-state index contributed by atoms with van der Waals surface area (Å²) in [5.74, 6) is 0. The van der Waals surface area contributed by atoms with Gasteiger partial charge in [-0.15, -0.1) is 0 Å². The molecule has 2 unspecified atom stereocenters. The fourth-order valence-corrected chi connectivity index (χ4v) is 1.65. The zero-order valence-corrected chi connectivity index (χ0v) is 8.71. The molecular formula is C10H21NO2. The third-order valence-electron chi connectivity index (χ3n) is 2.43. The highest BCUT2D eigenvalue weighted by atomic mass is 16.5. The Bertz CT molecular complexity index is 124. The molecule has 78 valence electrons. The first kappa shape index (κ1) is 11.0. The Labute approximate surface area is 80.8 Å². The topological polar surface area (TPSA) is 30.5 Å². The van der Waals surface area contributed by atoms with Gasteiger partial charge in [-0.1, -0.05) is 6.92 Å². The van der Waals surface area contributed by atoms with Gasteiger partial charge in [0.15, 0.2) is 0 Å². The summed E-state index contributed by atoms with van der Waals surface area (Å²) < 4.78 is 11.1. The maximum absolute atomic E-state index is 5.59. The summed E-state index contributed by atoms with van der Waals surface area (Å²) in [7, 11) is 1.97. The summed E-state index contributed by atoms with van der Waals surface area (Å²) in [6.07, 6.45) is 3.81. The lowest BCUT2D eigenvalue weighted by atomic mass is 10.1. The molecule has 0 bridgehead atoms. The smallest absolute Gasteiger partial charge is 0.0751 e. The summed E-state index contributed by atoms with van der Waals surface area (Å²) in [6, 6.07) is 0.369. The third kappa shape index (κ3) is 3.63. The van der Waals surface area contributed by atoms with Crippen LogP contribution in [0.5, 0.6) is 0 Å².